The van der Waals surface area contributed by atoms with E-state index in [0.29, 0.717) is 18.5 Å². The van der Waals surface area contributed by atoms with E-state index in [-0.39, 0.29) is 5.82 Å². The van der Waals surface area contributed by atoms with Crippen LogP contribution in [0.1, 0.15) is 33.6 Å². The molecule has 6 heteroatoms. The van der Waals surface area contributed by atoms with Gasteiger partial charge in [-0.05, 0) is 26.8 Å². The summed E-state index contributed by atoms with van der Waals surface area (Å²) < 4.78 is 13.6. The quantitative estimate of drug-likeness (QED) is 0.729. The molecule has 0 aromatic carbocycles. The highest BCUT2D eigenvalue weighted by Crippen LogP contribution is 2.11. The van der Waals surface area contributed by atoms with Crippen molar-refractivity contribution < 1.29 is 4.39 Å². The molecule has 1 rings (SSSR count). The fraction of sp³-hybridized carbons (Fsp3) is 0.714. The van der Waals surface area contributed by atoms with Crippen LogP contribution in [0.2, 0.25) is 0 Å². The second kappa shape index (κ2) is 8.68. The lowest BCUT2D eigenvalue weighted by atomic mass is 10.2. The number of halogens is 1. The molecule has 1 heterocycles. The molecule has 0 amide bonds. The van der Waals surface area contributed by atoms with Gasteiger partial charge in [-0.1, -0.05) is 13.8 Å². The highest BCUT2D eigenvalue weighted by atomic mass is 19.1. The van der Waals surface area contributed by atoms with Crippen molar-refractivity contribution in [1.29, 1.82) is 0 Å². The molecule has 1 aromatic rings. The van der Waals surface area contributed by atoms with Gasteiger partial charge in [0.1, 0.15) is 0 Å². The van der Waals surface area contributed by atoms with E-state index in [1.165, 1.54) is 6.20 Å². The summed E-state index contributed by atoms with van der Waals surface area (Å²) in [6, 6.07) is 0.522. The average Bonchev–Trinajstić information content (AvgIpc) is 2.46. The van der Waals surface area contributed by atoms with Crippen LogP contribution >= 0.6 is 0 Å². The number of hydrogen-bond acceptors (Lipinski definition) is 5. The molecular weight excluding hydrogens is 257 g/mol. The minimum Gasteiger partial charge on any atom is -0.366 e. The minimum atomic E-state index is -0.418. The van der Waals surface area contributed by atoms with Crippen LogP contribution in [0.4, 0.5) is 16.2 Å². The van der Waals surface area contributed by atoms with Gasteiger partial charge in [0.2, 0.25) is 5.95 Å². The van der Waals surface area contributed by atoms with Gasteiger partial charge in [0.25, 0.3) is 0 Å². The summed E-state index contributed by atoms with van der Waals surface area (Å²) in [5.74, 6) is 0.306. The standard InChI is InChI=1S/C14H26FN5/c1-5-7-17-14-18-10-12(15)13(19-14)16-8-9-20(4)11(3)6-2/h10-11H,5-9H2,1-4H3,(H2,16,17,18,19). The van der Waals surface area contributed by atoms with Crippen LogP contribution in [0.3, 0.4) is 0 Å². The van der Waals surface area contributed by atoms with Crippen molar-refractivity contribution in [3.63, 3.8) is 0 Å². The third-order valence-corrected chi connectivity index (χ3v) is 3.38. The summed E-state index contributed by atoms with van der Waals surface area (Å²) in [7, 11) is 2.07. The van der Waals surface area contributed by atoms with Crippen molar-refractivity contribution in [2.24, 2.45) is 0 Å². The van der Waals surface area contributed by atoms with Crippen LogP contribution in [-0.4, -0.2) is 47.6 Å². The van der Waals surface area contributed by atoms with Gasteiger partial charge in [0.15, 0.2) is 11.6 Å². The number of nitrogens with one attached hydrogen (secondary N) is 2. The SMILES string of the molecule is CCCNc1ncc(F)c(NCCN(C)C(C)CC)n1. The van der Waals surface area contributed by atoms with E-state index in [9.17, 15) is 4.39 Å². The first-order chi connectivity index (χ1) is 9.58. The van der Waals surface area contributed by atoms with E-state index in [1.54, 1.807) is 0 Å². The number of rotatable bonds is 9. The van der Waals surface area contributed by atoms with Crippen LogP contribution < -0.4 is 10.6 Å². The van der Waals surface area contributed by atoms with Crippen molar-refractivity contribution >= 4 is 11.8 Å². The smallest absolute Gasteiger partial charge is 0.224 e. The van der Waals surface area contributed by atoms with Crippen LogP contribution in [0.15, 0.2) is 6.20 Å². The zero-order valence-electron chi connectivity index (χ0n) is 12.9. The lowest BCUT2D eigenvalue weighted by Gasteiger charge is -2.23. The molecule has 1 atom stereocenters. The summed E-state index contributed by atoms with van der Waals surface area (Å²) in [5, 5.41) is 6.08. The number of anilines is 2. The molecule has 0 spiro atoms. The van der Waals surface area contributed by atoms with Crippen molar-refractivity contribution in [2.75, 3.05) is 37.3 Å². The maximum absolute atomic E-state index is 13.6. The van der Waals surface area contributed by atoms with Gasteiger partial charge in [-0.2, -0.15) is 4.98 Å². The zero-order chi connectivity index (χ0) is 15.0. The Labute approximate surface area is 121 Å². The van der Waals surface area contributed by atoms with Gasteiger partial charge in [0, 0.05) is 25.7 Å². The Morgan fingerprint density at radius 3 is 2.70 bits per heavy atom. The number of likely N-dealkylation sites (N-methyl/N-ethyl adjacent to an activating group) is 1. The maximum atomic E-state index is 13.6. The molecule has 1 aromatic heterocycles. The number of hydrogen-bond donors (Lipinski definition) is 2. The van der Waals surface area contributed by atoms with Crippen molar-refractivity contribution in [2.45, 2.75) is 39.7 Å². The van der Waals surface area contributed by atoms with Crippen molar-refractivity contribution in [3.8, 4) is 0 Å². The van der Waals surface area contributed by atoms with Gasteiger partial charge in [-0.25, -0.2) is 9.37 Å². The molecule has 0 saturated carbocycles. The first-order valence-corrected chi connectivity index (χ1v) is 7.29. The van der Waals surface area contributed by atoms with Crippen molar-refractivity contribution in [3.05, 3.63) is 12.0 Å². The Balaban J connectivity index is 2.50. The van der Waals surface area contributed by atoms with Crippen LogP contribution in [0, 0.1) is 5.82 Å². The topological polar surface area (TPSA) is 53.1 Å². The number of nitrogens with zero attached hydrogens (tertiary/aromatic N) is 3. The first-order valence-electron chi connectivity index (χ1n) is 7.29. The van der Waals surface area contributed by atoms with E-state index in [4.69, 9.17) is 0 Å². The third kappa shape index (κ3) is 5.28. The zero-order valence-corrected chi connectivity index (χ0v) is 12.9. The molecule has 20 heavy (non-hydrogen) atoms. The molecule has 0 saturated heterocycles. The second-order valence-corrected chi connectivity index (χ2v) is 4.98. The van der Waals surface area contributed by atoms with Gasteiger partial charge in [0.05, 0.1) is 6.20 Å². The fourth-order valence-electron chi connectivity index (χ4n) is 1.70. The second-order valence-electron chi connectivity index (χ2n) is 4.98. The summed E-state index contributed by atoms with van der Waals surface area (Å²) in [6.45, 7) is 8.67. The molecule has 5 nitrogen and oxygen atoms in total. The van der Waals surface area contributed by atoms with Gasteiger partial charge >= 0.3 is 0 Å². The summed E-state index contributed by atoms with van der Waals surface area (Å²) in [5.41, 5.74) is 0. The largest absolute Gasteiger partial charge is 0.366 e. The molecule has 0 aliphatic carbocycles. The van der Waals surface area contributed by atoms with Gasteiger partial charge in [-0.3, -0.25) is 0 Å². The normalized spacial score (nSPS) is 12.5. The van der Waals surface area contributed by atoms with E-state index in [2.05, 4.69) is 53.3 Å². The minimum absolute atomic E-state index is 0.260. The molecule has 114 valence electrons. The Morgan fingerprint density at radius 2 is 2.05 bits per heavy atom. The molecular formula is C14H26FN5. The van der Waals surface area contributed by atoms with Crippen LogP contribution in [0.5, 0.6) is 0 Å². The molecule has 0 aliphatic heterocycles. The fourth-order valence-corrected chi connectivity index (χ4v) is 1.70. The van der Waals surface area contributed by atoms with E-state index in [1.807, 2.05) is 0 Å². The Kier molecular flexibility index (Phi) is 7.22. The Hall–Kier alpha value is -1.43. The maximum Gasteiger partial charge on any atom is 0.224 e. The first kappa shape index (κ1) is 16.6. The molecule has 1 unspecified atom stereocenters. The molecule has 0 fully saturated rings. The van der Waals surface area contributed by atoms with Crippen LogP contribution in [-0.2, 0) is 0 Å². The molecule has 2 N–H and O–H groups in total. The summed E-state index contributed by atoms with van der Waals surface area (Å²) in [4.78, 5) is 10.3. The summed E-state index contributed by atoms with van der Waals surface area (Å²) >= 11 is 0. The molecule has 0 bridgehead atoms. The van der Waals surface area contributed by atoms with Crippen molar-refractivity contribution in [1.82, 2.24) is 14.9 Å². The lowest BCUT2D eigenvalue weighted by Crippen LogP contribution is -2.33. The average molecular weight is 283 g/mol. The predicted octanol–water partition coefficient (Wildman–Crippen LogP) is 2.58. The molecule has 0 aliphatic rings. The Bertz CT molecular complexity index is 399. The van der Waals surface area contributed by atoms with E-state index < -0.39 is 5.82 Å². The predicted molar refractivity (Wildman–Crippen MR) is 81.6 cm³/mol. The highest BCUT2D eigenvalue weighted by Gasteiger charge is 2.08. The third-order valence-electron chi connectivity index (χ3n) is 3.38. The lowest BCUT2D eigenvalue weighted by molar-refractivity contribution is 0.261. The van der Waals surface area contributed by atoms with Crippen LogP contribution in [0.25, 0.3) is 0 Å². The summed E-state index contributed by atoms with van der Waals surface area (Å²) in [6.07, 6.45) is 3.28. The highest BCUT2D eigenvalue weighted by molar-refractivity contribution is 5.40. The molecule has 0 radical (unpaired) electrons. The monoisotopic (exact) mass is 283 g/mol. The number of aromatic nitrogens is 2. The van der Waals surface area contributed by atoms with E-state index >= 15 is 0 Å². The van der Waals surface area contributed by atoms with E-state index in [0.717, 1.165) is 25.9 Å². The van der Waals surface area contributed by atoms with Gasteiger partial charge < -0.3 is 15.5 Å². The Morgan fingerprint density at radius 1 is 1.30 bits per heavy atom. The van der Waals surface area contributed by atoms with Gasteiger partial charge in [-0.15, -0.1) is 0 Å².